The van der Waals surface area contributed by atoms with Gasteiger partial charge in [0, 0.05) is 31.9 Å². The number of nitrogens with zero attached hydrogens (tertiary/aromatic N) is 3. The third-order valence-electron chi connectivity index (χ3n) is 4.01. The van der Waals surface area contributed by atoms with Gasteiger partial charge in [-0.05, 0) is 39.2 Å². The zero-order valence-corrected chi connectivity index (χ0v) is 14.3. The smallest absolute Gasteiger partial charge is 0.307 e. The number of hydrogen-bond acceptors (Lipinski definition) is 4. The van der Waals surface area contributed by atoms with Crippen molar-refractivity contribution < 1.29 is 18.3 Å². The third kappa shape index (κ3) is 4.76. The average molecular weight is 344 g/mol. The van der Waals surface area contributed by atoms with E-state index in [1.165, 1.54) is 4.31 Å². The molecule has 0 aromatic carbocycles. The van der Waals surface area contributed by atoms with E-state index in [4.69, 9.17) is 5.11 Å². The second-order valence-corrected chi connectivity index (χ2v) is 7.69. The monoisotopic (exact) mass is 344 g/mol. The number of rotatable bonds is 7. The summed E-state index contributed by atoms with van der Waals surface area (Å²) in [6.45, 7) is 5.24. The van der Waals surface area contributed by atoms with Crippen LogP contribution in [0.4, 0.5) is 0 Å². The van der Waals surface area contributed by atoms with E-state index >= 15 is 0 Å². The summed E-state index contributed by atoms with van der Waals surface area (Å²) >= 11 is 0. The Morgan fingerprint density at radius 2 is 2.22 bits per heavy atom. The Morgan fingerprint density at radius 1 is 1.48 bits per heavy atom. The van der Waals surface area contributed by atoms with E-state index in [1.807, 2.05) is 24.6 Å². The van der Waals surface area contributed by atoms with Gasteiger partial charge in [-0.15, -0.1) is 0 Å². The predicted molar refractivity (Wildman–Crippen MR) is 85.2 cm³/mol. The number of piperidine rings is 1. The number of carboxylic acids is 1. The first-order chi connectivity index (χ1) is 10.8. The summed E-state index contributed by atoms with van der Waals surface area (Å²) in [6, 6.07) is 1.98. The van der Waals surface area contributed by atoms with E-state index in [0.717, 1.165) is 11.4 Å². The van der Waals surface area contributed by atoms with Gasteiger partial charge in [0.2, 0.25) is 0 Å². The number of nitrogens with one attached hydrogen (secondary N) is 1. The van der Waals surface area contributed by atoms with Crippen LogP contribution in [-0.4, -0.2) is 53.2 Å². The van der Waals surface area contributed by atoms with Crippen molar-refractivity contribution in [2.45, 2.75) is 39.7 Å². The fourth-order valence-corrected chi connectivity index (χ4v) is 4.12. The highest BCUT2D eigenvalue weighted by atomic mass is 32.2. The quantitative estimate of drug-likeness (QED) is 0.702. The van der Waals surface area contributed by atoms with Gasteiger partial charge in [0.1, 0.15) is 0 Å². The highest BCUT2D eigenvalue weighted by Crippen LogP contribution is 2.18. The minimum absolute atomic E-state index is 0.0438. The van der Waals surface area contributed by atoms with Crippen molar-refractivity contribution in [3.8, 4) is 0 Å². The lowest BCUT2D eigenvalue weighted by atomic mass is 10.0. The van der Waals surface area contributed by atoms with Crippen molar-refractivity contribution in [2.75, 3.05) is 19.6 Å². The van der Waals surface area contributed by atoms with E-state index < -0.39 is 22.1 Å². The fourth-order valence-electron chi connectivity index (χ4n) is 2.78. The molecule has 1 aromatic heterocycles. The molecule has 130 valence electrons. The predicted octanol–water partition coefficient (Wildman–Crippen LogP) is 0.521. The highest BCUT2D eigenvalue weighted by molar-refractivity contribution is 7.87. The van der Waals surface area contributed by atoms with Crippen LogP contribution in [0.2, 0.25) is 0 Å². The molecule has 1 aliphatic heterocycles. The Kier molecular flexibility index (Phi) is 5.77. The van der Waals surface area contributed by atoms with Gasteiger partial charge in [0.05, 0.1) is 11.6 Å². The van der Waals surface area contributed by atoms with Gasteiger partial charge < -0.3 is 5.11 Å². The van der Waals surface area contributed by atoms with Crippen LogP contribution in [0.15, 0.2) is 6.07 Å². The zero-order chi connectivity index (χ0) is 17.0. The molecule has 1 saturated heterocycles. The van der Waals surface area contributed by atoms with E-state index in [0.29, 0.717) is 38.9 Å². The summed E-state index contributed by atoms with van der Waals surface area (Å²) in [5.41, 5.74) is 1.99. The van der Waals surface area contributed by atoms with Crippen LogP contribution in [0, 0.1) is 19.8 Å². The Morgan fingerprint density at radius 3 is 2.83 bits per heavy atom. The maximum absolute atomic E-state index is 12.2. The minimum atomic E-state index is -3.62. The Labute approximate surface area is 136 Å². The molecule has 1 aromatic rings. The molecule has 0 aliphatic carbocycles. The van der Waals surface area contributed by atoms with Gasteiger partial charge in [0.15, 0.2) is 0 Å². The number of aliphatic carboxylic acids is 1. The summed E-state index contributed by atoms with van der Waals surface area (Å²) in [7, 11) is -3.62. The second kappa shape index (κ2) is 7.41. The lowest BCUT2D eigenvalue weighted by Crippen LogP contribution is -2.47. The highest BCUT2D eigenvalue weighted by Gasteiger charge is 2.31. The van der Waals surface area contributed by atoms with E-state index in [9.17, 15) is 13.2 Å². The molecule has 23 heavy (non-hydrogen) atoms. The maximum atomic E-state index is 12.2. The van der Waals surface area contributed by atoms with Crippen LogP contribution in [0.25, 0.3) is 0 Å². The average Bonchev–Trinajstić information content (AvgIpc) is 2.82. The molecule has 0 radical (unpaired) electrons. The van der Waals surface area contributed by atoms with Crippen LogP contribution in [0.1, 0.15) is 30.7 Å². The first-order valence-electron chi connectivity index (χ1n) is 7.78. The molecule has 2 N–H and O–H groups in total. The molecule has 8 nitrogen and oxygen atoms in total. The number of carboxylic acid groups (broad SMARTS) is 1. The number of carbonyl (C=O) groups is 1. The maximum Gasteiger partial charge on any atom is 0.307 e. The summed E-state index contributed by atoms with van der Waals surface area (Å²) in [5.74, 6) is -1.55. The molecule has 1 unspecified atom stereocenters. The van der Waals surface area contributed by atoms with E-state index in [1.54, 1.807) is 0 Å². The Hall–Kier alpha value is -1.45. The normalized spacial score (nSPS) is 19.8. The number of hydrogen-bond donors (Lipinski definition) is 2. The van der Waals surface area contributed by atoms with Gasteiger partial charge in [-0.3, -0.25) is 9.48 Å². The lowest BCUT2D eigenvalue weighted by Gasteiger charge is -2.29. The molecule has 0 amide bonds. The number of aryl methyl sites for hydroxylation is 3. The lowest BCUT2D eigenvalue weighted by molar-refractivity contribution is -0.142. The van der Waals surface area contributed by atoms with Crippen LogP contribution in [0.3, 0.4) is 0 Å². The molecule has 1 fully saturated rings. The molecule has 1 aliphatic rings. The van der Waals surface area contributed by atoms with Gasteiger partial charge >= 0.3 is 5.97 Å². The Balaban J connectivity index is 1.82. The third-order valence-corrected chi connectivity index (χ3v) is 5.59. The van der Waals surface area contributed by atoms with E-state index in [2.05, 4.69) is 9.82 Å². The van der Waals surface area contributed by atoms with Crippen molar-refractivity contribution in [3.05, 3.63) is 17.5 Å². The van der Waals surface area contributed by atoms with Crippen molar-refractivity contribution in [3.63, 3.8) is 0 Å². The molecule has 0 saturated carbocycles. The fraction of sp³-hybridized carbons (Fsp3) is 0.714. The van der Waals surface area contributed by atoms with Crippen LogP contribution >= 0.6 is 0 Å². The number of aromatic nitrogens is 2. The topological polar surface area (TPSA) is 105 Å². The van der Waals surface area contributed by atoms with Crippen LogP contribution in [0.5, 0.6) is 0 Å². The molecule has 0 spiro atoms. The van der Waals surface area contributed by atoms with Gasteiger partial charge in [-0.25, -0.2) is 4.72 Å². The van der Waals surface area contributed by atoms with Gasteiger partial charge in [0.25, 0.3) is 10.2 Å². The SMILES string of the molecule is Cc1cc(C)n(CCCNS(=O)(=O)N2CCCC(C(=O)O)C2)n1. The molecular weight excluding hydrogens is 320 g/mol. The zero-order valence-electron chi connectivity index (χ0n) is 13.5. The standard InChI is InChI=1S/C14H24N4O4S/c1-11-9-12(2)18(16-11)8-4-6-15-23(21,22)17-7-3-5-13(10-17)14(19)20/h9,13,15H,3-8,10H2,1-2H3,(H,19,20). The molecule has 1 atom stereocenters. The van der Waals surface area contributed by atoms with Crippen LogP contribution < -0.4 is 4.72 Å². The Bertz CT molecular complexity index is 656. The van der Waals surface area contributed by atoms with Crippen molar-refractivity contribution in [2.24, 2.45) is 5.92 Å². The minimum Gasteiger partial charge on any atom is -0.481 e. The molecule has 0 bridgehead atoms. The molecule has 9 heteroatoms. The van der Waals surface area contributed by atoms with Crippen molar-refractivity contribution in [1.82, 2.24) is 18.8 Å². The first-order valence-corrected chi connectivity index (χ1v) is 9.22. The molecule has 2 rings (SSSR count). The summed E-state index contributed by atoms with van der Waals surface area (Å²) in [4.78, 5) is 11.0. The van der Waals surface area contributed by atoms with Crippen molar-refractivity contribution in [1.29, 1.82) is 0 Å². The largest absolute Gasteiger partial charge is 0.481 e. The summed E-state index contributed by atoms with van der Waals surface area (Å²) < 4.78 is 30.1. The molecule has 2 heterocycles. The summed E-state index contributed by atoms with van der Waals surface area (Å²) in [5, 5.41) is 13.4. The van der Waals surface area contributed by atoms with Crippen molar-refractivity contribution >= 4 is 16.2 Å². The second-order valence-electron chi connectivity index (χ2n) is 5.94. The van der Waals surface area contributed by atoms with Gasteiger partial charge in [-0.2, -0.15) is 17.8 Å². The van der Waals surface area contributed by atoms with Gasteiger partial charge in [-0.1, -0.05) is 0 Å². The van der Waals surface area contributed by atoms with Crippen LogP contribution in [-0.2, 0) is 21.5 Å². The first kappa shape index (κ1) is 17.9. The summed E-state index contributed by atoms with van der Waals surface area (Å²) in [6.07, 6.45) is 1.72. The molecular formula is C14H24N4O4S. The van der Waals surface area contributed by atoms with E-state index in [-0.39, 0.29) is 6.54 Å².